The zero-order valence-electron chi connectivity index (χ0n) is 11.2. The van der Waals surface area contributed by atoms with Crippen LogP contribution in [-0.2, 0) is 16.7 Å². The van der Waals surface area contributed by atoms with Crippen molar-refractivity contribution in [2.24, 2.45) is 5.92 Å². The Morgan fingerprint density at radius 2 is 2.11 bits per heavy atom. The topological polar surface area (TPSA) is 29.1 Å². The molecule has 100 valence electrons. The van der Waals surface area contributed by atoms with Crippen molar-refractivity contribution in [1.82, 2.24) is 5.32 Å². The highest BCUT2D eigenvalue weighted by Gasteiger charge is 2.11. The molecule has 0 aliphatic carbocycles. The summed E-state index contributed by atoms with van der Waals surface area (Å²) >= 11 is 3.44. The van der Waals surface area contributed by atoms with Crippen molar-refractivity contribution in [2.75, 3.05) is 0 Å². The van der Waals surface area contributed by atoms with E-state index in [1.54, 1.807) is 0 Å². The average molecular weight is 312 g/mol. The summed E-state index contributed by atoms with van der Waals surface area (Å²) in [7, 11) is 0. The van der Waals surface area contributed by atoms with Gasteiger partial charge in [-0.15, -0.1) is 0 Å². The molecule has 1 N–H and O–H groups in total. The molecule has 0 saturated carbocycles. The molecule has 0 radical (unpaired) electrons. The molecule has 0 fully saturated rings. The number of carbonyl (C=O) groups is 1. The molecule has 0 spiro atoms. The highest BCUT2D eigenvalue weighted by atomic mass is 79.9. The van der Waals surface area contributed by atoms with Gasteiger partial charge in [0.05, 0.1) is 0 Å². The SMILES string of the molecule is CCCCC(C)C(=O)NCc1cccc(CBr)c1. The Hall–Kier alpha value is -0.830. The summed E-state index contributed by atoms with van der Waals surface area (Å²) in [5, 5.41) is 3.85. The summed E-state index contributed by atoms with van der Waals surface area (Å²) in [5.74, 6) is 0.275. The van der Waals surface area contributed by atoms with Gasteiger partial charge < -0.3 is 5.32 Å². The van der Waals surface area contributed by atoms with Gasteiger partial charge in [0, 0.05) is 17.8 Å². The predicted molar refractivity (Wildman–Crippen MR) is 79.6 cm³/mol. The van der Waals surface area contributed by atoms with Gasteiger partial charge in [0.25, 0.3) is 0 Å². The molecule has 0 bridgehead atoms. The molecule has 0 aromatic heterocycles. The molecule has 1 amide bonds. The molecule has 1 unspecified atom stereocenters. The van der Waals surface area contributed by atoms with E-state index in [1.165, 1.54) is 5.56 Å². The van der Waals surface area contributed by atoms with Crippen molar-refractivity contribution >= 4 is 21.8 Å². The predicted octanol–water partition coefficient (Wildman–Crippen LogP) is 4.02. The van der Waals surface area contributed by atoms with Crippen LogP contribution in [0.25, 0.3) is 0 Å². The van der Waals surface area contributed by atoms with Crippen molar-refractivity contribution in [3.63, 3.8) is 0 Å². The van der Waals surface area contributed by atoms with Gasteiger partial charge in [-0.3, -0.25) is 4.79 Å². The number of benzene rings is 1. The summed E-state index contributed by atoms with van der Waals surface area (Å²) in [5.41, 5.74) is 2.39. The van der Waals surface area contributed by atoms with Gasteiger partial charge in [0.2, 0.25) is 5.91 Å². The molecular formula is C15H22BrNO. The molecular weight excluding hydrogens is 290 g/mol. The van der Waals surface area contributed by atoms with Gasteiger partial charge in [-0.25, -0.2) is 0 Å². The number of unbranched alkanes of at least 4 members (excludes halogenated alkanes) is 1. The van der Waals surface area contributed by atoms with Crippen LogP contribution in [0.2, 0.25) is 0 Å². The van der Waals surface area contributed by atoms with Crippen molar-refractivity contribution in [3.8, 4) is 0 Å². The first-order valence-electron chi connectivity index (χ1n) is 6.58. The van der Waals surface area contributed by atoms with Crippen LogP contribution in [0.15, 0.2) is 24.3 Å². The Morgan fingerprint density at radius 1 is 1.39 bits per heavy atom. The first-order valence-corrected chi connectivity index (χ1v) is 7.71. The lowest BCUT2D eigenvalue weighted by atomic mass is 10.0. The number of hydrogen-bond donors (Lipinski definition) is 1. The second-order valence-corrected chi connectivity index (χ2v) is 5.28. The van der Waals surface area contributed by atoms with E-state index >= 15 is 0 Å². The van der Waals surface area contributed by atoms with E-state index in [0.29, 0.717) is 6.54 Å². The number of alkyl halides is 1. The number of nitrogens with one attached hydrogen (secondary N) is 1. The molecule has 0 heterocycles. The second kappa shape index (κ2) is 8.30. The maximum absolute atomic E-state index is 11.9. The highest BCUT2D eigenvalue weighted by molar-refractivity contribution is 9.08. The van der Waals surface area contributed by atoms with Crippen LogP contribution in [0.5, 0.6) is 0 Å². The molecule has 0 aliphatic rings. The number of hydrogen-bond acceptors (Lipinski definition) is 1. The summed E-state index contributed by atoms with van der Waals surface area (Å²) in [6.45, 7) is 4.77. The van der Waals surface area contributed by atoms with Gasteiger partial charge in [0.15, 0.2) is 0 Å². The fourth-order valence-corrected chi connectivity index (χ4v) is 2.18. The van der Waals surface area contributed by atoms with Crippen molar-refractivity contribution in [1.29, 1.82) is 0 Å². The molecule has 1 aromatic rings. The molecule has 3 heteroatoms. The third-order valence-electron chi connectivity index (χ3n) is 3.05. The van der Waals surface area contributed by atoms with Gasteiger partial charge in [-0.1, -0.05) is 66.9 Å². The fraction of sp³-hybridized carbons (Fsp3) is 0.533. The van der Waals surface area contributed by atoms with Gasteiger partial charge in [-0.05, 0) is 17.5 Å². The van der Waals surface area contributed by atoms with E-state index in [9.17, 15) is 4.79 Å². The largest absolute Gasteiger partial charge is 0.352 e. The maximum atomic E-state index is 11.9. The molecule has 1 atom stereocenters. The van der Waals surface area contributed by atoms with Crippen LogP contribution in [0.1, 0.15) is 44.2 Å². The minimum Gasteiger partial charge on any atom is -0.352 e. The van der Waals surface area contributed by atoms with Crippen LogP contribution >= 0.6 is 15.9 Å². The summed E-state index contributed by atoms with van der Waals surface area (Å²) < 4.78 is 0. The number of rotatable bonds is 7. The highest BCUT2D eigenvalue weighted by Crippen LogP contribution is 2.10. The summed E-state index contributed by atoms with van der Waals surface area (Å²) in [4.78, 5) is 11.9. The van der Waals surface area contributed by atoms with E-state index in [4.69, 9.17) is 0 Å². The Bertz CT molecular complexity index is 379. The summed E-state index contributed by atoms with van der Waals surface area (Å²) in [6, 6.07) is 8.26. The summed E-state index contributed by atoms with van der Waals surface area (Å²) in [6.07, 6.45) is 3.24. The van der Waals surface area contributed by atoms with Gasteiger partial charge >= 0.3 is 0 Å². The monoisotopic (exact) mass is 311 g/mol. The molecule has 1 rings (SSSR count). The van der Waals surface area contributed by atoms with Crippen molar-refractivity contribution < 1.29 is 4.79 Å². The number of halogens is 1. The Morgan fingerprint density at radius 3 is 2.78 bits per heavy atom. The van der Waals surface area contributed by atoms with Crippen molar-refractivity contribution in [2.45, 2.75) is 45.0 Å². The zero-order valence-corrected chi connectivity index (χ0v) is 12.8. The van der Waals surface area contributed by atoms with Crippen LogP contribution < -0.4 is 5.32 Å². The van der Waals surface area contributed by atoms with E-state index in [1.807, 2.05) is 19.1 Å². The van der Waals surface area contributed by atoms with Crippen LogP contribution in [0, 0.1) is 5.92 Å². The zero-order chi connectivity index (χ0) is 13.4. The van der Waals surface area contributed by atoms with Gasteiger partial charge in [-0.2, -0.15) is 0 Å². The Balaban J connectivity index is 2.41. The minimum atomic E-state index is 0.115. The van der Waals surface area contributed by atoms with E-state index in [0.717, 1.165) is 30.2 Å². The third-order valence-corrected chi connectivity index (χ3v) is 3.70. The molecule has 1 aromatic carbocycles. The minimum absolute atomic E-state index is 0.115. The average Bonchev–Trinajstić information content (AvgIpc) is 2.42. The lowest BCUT2D eigenvalue weighted by molar-refractivity contribution is -0.124. The number of amides is 1. The third kappa shape index (κ3) is 5.21. The standard InChI is InChI=1S/C15H22BrNO/c1-3-4-6-12(2)15(18)17-11-14-8-5-7-13(9-14)10-16/h5,7-9,12H,3-4,6,10-11H2,1-2H3,(H,17,18). The Kier molecular flexibility index (Phi) is 7.02. The first-order chi connectivity index (χ1) is 8.67. The molecule has 0 saturated heterocycles. The van der Waals surface area contributed by atoms with Crippen LogP contribution in [0.4, 0.5) is 0 Å². The molecule has 2 nitrogen and oxygen atoms in total. The van der Waals surface area contributed by atoms with E-state index in [-0.39, 0.29) is 11.8 Å². The molecule has 18 heavy (non-hydrogen) atoms. The van der Waals surface area contributed by atoms with E-state index in [2.05, 4.69) is 40.3 Å². The van der Waals surface area contributed by atoms with Crippen molar-refractivity contribution in [3.05, 3.63) is 35.4 Å². The molecule has 0 aliphatic heterocycles. The fourth-order valence-electron chi connectivity index (χ4n) is 1.83. The smallest absolute Gasteiger partial charge is 0.223 e. The lowest BCUT2D eigenvalue weighted by Crippen LogP contribution is -2.28. The van der Waals surface area contributed by atoms with Crippen LogP contribution in [-0.4, -0.2) is 5.91 Å². The first kappa shape index (κ1) is 15.2. The normalized spacial score (nSPS) is 12.2. The van der Waals surface area contributed by atoms with Gasteiger partial charge in [0.1, 0.15) is 0 Å². The maximum Gasteiger partial charge on any atom is 0.223 e. The van der Waals surface area contributed by atoms with E-state index < -0.39 is 0 Å². The Labute approximate surface area is 118 Å². The quantitative estimate of drug-likeness (QED) is 0.757. The number of carbonyl (C=O) groups excluding carboxylic acids is 1. The van der Waals surface area contributed by atoms with Crippen LogP contribution in [0.3, 0.4) is 0 Å². The second-order valence-electron chi connectivity index (χ2n) is 4.71. The lowest BCUT2D eigenvalue weighted by Gasteiger charge is -2.12.